The summed E-state index contributed by atoms with van der Waals surface area (Å²) in [4.78, 5) is 2.66. The number of rotatable bonds is 5. The van der Waals surface area contributed by atoms with Gasteiger partial charge in [0.2, 0.25) is 0 Å². The second-order valence-corrected chi connectivity index (χ2v) is 6.40. The first-order chi connectivity index (χ1) is 9.74. The molecule has 0 aliphatic carbocycles. The predicted molar refractivity (Wildman–Crippen MR) is 82.4 cm³/mol. The van der Waals surface area contributed by atoms with E-state index in [0.717, 1.165) is 25.4 Å². The van der Waals surface area contributed by atoms with Gasteiger partial charge in [-0.3, -0.25) is 4.90 Å². The molecule has 3 rings (SSSR count). The molecule has 1 fully saturated rings. The molecule has 0 radical (unpaired) electrons. The van der Waals surface area contributed by atoms with E-state index < -0.39 is 0 Å². The van der Waals surface area contributed by atoms with Gasteiger partial charge in [-0.1, -0.05) is 32.0 Å². The van der Waals surface area contributed by atoms with Crippen LogP contribution >= 0.6 is 0 Å². The van der Waals surface area contributed by atoms with Gasteiger partial charge in [0.25, 0.3) is 0 Å². The smallest absolute Gasteiger partial charge is 0.122 e. The summed E-state index contributed by atoms with van der Waals surface area (Å²) in [5, 5.41) is 3.59. The van der Waals surface area contributed by atoms with Gasteiger partial charge >= 0.3 is 0 Å². The van der Waals surface area contributed by atoms with E-state index in [4.69, 9.17) is 4.74 Å². The zero-order chi connectivity index (χ0) is 13.9. The van der Waals surface area contributed by atoms with Crippen LogP contribution < -0.4 is 10.1 Å². The monoisotopic (exact) mass is 274 g/mol. The highest BCUT2D eigenvalue weighted by Crippen LogP contribution is 2.35. The minimum Gasteiger partial charge on any atom is -0.493 e. The first kappa shape index (κ1) is 13.9. The molecule has 0 bridgehead atoms. The molecule has 1 aromatic rings. The summed E-state index contributed by atoms with van der Waals surface area (Å²) in [5.74, 6) is 1.64. The van der Waals surface area contributed by atoms with Crippen LogP contribution in [0.15, 0.2) is 24.3 Å². The van der Waals surface area contributed by atoms with Crippen molar-refractivity contribution < 1.29 is 4.74 Å². The number of hydrogen-bond acceptors (Lipinski definition) is 3. The number of nitrogens with one attached hydrogen (secondary N) is 1. The molecule has 0 amide bonds. The van der Waals surface area contributed by atoms with Crippen molar-refractivity contribution in [3.05, 3.63) is 29.8 Å². The lowest BCUT2D eigenvalue weighted by atomic mass is 10.0. The third kappa shape index (κ3) is 2.99. The summed E-state index contributed by atoms with van der Waals surface area (Å²) in [7, 11) is 0. The van der Waals surface area contributed by atoms with Crippen molar-refractivity contribution in [2.75, 3.05) is 26.2 Å². The molecule has 2 atom stereocenters. The summed E-state index contributed by atoms with van der Waals surface area (Å²) in [6.07, 6.45) is 2.66. The van der Waals surface area contributed by atoms with Crippen LogP contribution in [0.25, 0.3) is 0 Å². The fourth-order valence-corrected chi connectivity index (χ4v) is 3.40. The highest BCUT2D eigenvalue weighted by atomic mass is 16.5. The van der Waals surface area contributed by atoms with Gasteiger partial charge < -0.3 is 10.1 Å². The standard InChI is InChI=1S/C17H26N2O/c1-13(2)18-10-15-6-5-9-19(15)11-14-12-20-17-8-4-3-7-16(14)17/h3-4,7-8,13-15,18H,5-6,9-12H2,1-2H3. The molecular formula is C17H26N2O. The van der Waals surface area contributed by atoms with Gasteiger partial charge in [-0.15, -0.1) is 0 Å². The summed E-state index contributed by atoms with van der Waals surface area (Å²) >= 11 is 0. The third-order valence-electron chi connectivity index (χ3n) is 4.51. The Hall–Kier alpha value is -1.06. The molecule has 110 valence electrons. The summed E-state index contributed by atoms with van der Waals surface area (Å²) < 4.78 is 5.81. The molecule has 3 heteroatoms. The third-order valence-corrected chi connectivity index (χ3v) is 4.51. The second kappa shape index (κ2) is 6.15. The maximum atomic E-state index is 5.81. The molecule has 0 aromatic heterocycles. The van der Waals surface area contributed by atoms with Crippen LogP contribution in [0, 0.1) is 0 Å². The van der Waals surface area contributed by atoms with Crippen LogP contribution in [0.5, 0.6) is 5.75 Å². The fraction of sp³-hybridized carbons (Fsp3) is 0.647. The number of para-hydroxylation sites is 1. The summed E-state index contributed by atoms with van der Waals surface area (Å²) in [5.41, 5.74) is 1.40. The van der Waals surface area contributed by atoms with Gasteiger partial charge in [-0.05, 0) is 25.5 Å². The van der Waals surface area contributed by atoms with Gasteiger partial charge in [0.05, 0.1) is 6.61 Å². The molecule has 0 spiro atoms. The first-order valence-electron chi connectivity index (χ1n) is 7.93. The molecule has 2 aliphatic rings. The predicted octanol–water partition coefficient (Wildman–Crippen LogP) is 2.63. The van der Waals surface area contributed by atoms with Crippen LogP contribution in [0.3, 0.4) is 0 Å². The fourth-order valence-electron chi connectivity index (χ4n) is 3.40. The van der Waals surface area contributed by atoms with E-state index in [1.54, 1.807) is 0 Å². The molecule has 2 unspecified atom stereocenters. The average molecular weight is 274 g/mol. The van der Waals surface area contributed by atoms with E-state index in [-0.39, 0.29) is 0 Å². The maximum absolute atomic E-state index is 5.81. The zero-order valence-electron chi connectivity index (χ0n) is 12.6. The Kier molecular flexibility index (Phi) is 4.27. The minimum absolute atomic E-state index is 0.547. The van der Waals surface area contributed by atoms with Crippen molar-refractivity contribution in [1.29, 1.82) is 0 Å². The second-order valence-electron chi connectivity index (χ2n) is 6.40. The van der Waals surface area contributed by atoms with Crippen LogP contribution in [-0.2, 0) is 0 Å². The Balaban J connectivity index is 1.60. The molecule has 1 saturated heterocycles. The van der Waals surface area contributed by atoms with Crippen LogP contribution in [0.1, 0.15) is 38.2 Å². The summed E-state index contributed by atoms with van der Waals surface area (Å²) in [6.45, 7) is 8.79. The molecule has 2 heterocycles. The quantitative estimate of drug-likeness (QED) is 0.893. The SMILES string of the molecule is CC(C)NCC1CCCN1CC1COc2ccccc21. The minimum atomic E-state index is 0.547. The van der Waals surface area contributed by atoms with Crippen molar-refractivity contribution in [3.8, 4) is 5.75 Å². The largest absolute Gasteiger partial charge is 0.493 e. The lowest BCUT2D eigenvalue weighted by Gasteiger charge is -2.27. The molecular weight excluding hydrogens is 248 g/mol. The van der Waals surface area contributed by atoms with E-state index in [9.17, 15) is 0 Å². The van der Waals surface area contributed by atoms with Crippen molar-refractivity contribution in [1.82, 2.24) is 10.2 Å². The number of hydrogen-bond donors (Lipinski definition) is 1. The Morgan fingerprint density at radius 2 is 2.20 bits per heavy atom. The molecule has 1 aromatic carbocycles. The highest BCUT2D eigenvalue weighted by molar-refractivity contribution is 5.39. The van der Waals surface area contributed by atoms with E-state index in [2.05, 4.69) is 48.3 Å². The summed E-state index contributed by atoms with van der Waals surface area (Å²) in [6, 6.07) is 9.79. The average Bonchev–Trinajstić information content (AvgIpc) is 3.05. The van der Waals surface area contributed by atoms with Gasteiger partial charge in [-0.2, -0.15) is 0 Å². The Labute approximate surface area is 122 Å². The molecule has 2 aliphatic heterocycles. The number of likely N-dealkylation sites (tertiary alicyclic amines) is 1. The van der Waals surface area contributed by atoms with Gasteiger partial charge in [0, 0.05) is 36.7 Å². The van der Waals surface area contributed by atoms with Crippen LogP contribution in [-0.4, -0.2) is 43.2 Å². The van der Waals surface area contributed by atoms with Crippen molar-refractivity contribution in [2.24, 2.45) is 0 Å². The first-order valence-corrected chi connectivity index (χ1v) is 7.93. The zero-order valence-corrected chi connectivity index (χ0v) is 12.6. The lowest BCUT2D eigenvalue weighted by molar-refractivity contribution is 0.213. The van der Waals surface area contributed by atoms with Crippen LogP contribution in [0.4, 0.5) is 0 Å². The van der Waals surface area contributed by atoms with Crippen molar-refractivity contribution in [3.63, 3.8) is 0 Å². The number of nitrogens with zero attached hydrogens (tertiary/aromatic N) is 1. The Morgan fingerprint density at radius 1 is 1.35 bits per heavy atom. The van der Waals surface area contributed by atoms with E-state index >= 15 is 0 Å². The molecule has 1 N–H and O–H groups in total. The molecule has 0 saturated carbocycles. The lowest BCUT2D eigenvalue weighted by Crippen LogP contribution is -2.42. The molecule has 20 heavy (non-hydrogen) atoms. The maximum Gasteiger partial charge on any atom is 0.122 e. The Bertz CT molecular complexity index is 446. The van der Waals surface area contributed by atoms with Gasteiger partial charge in [0.1, 0.15) is 5.75 Å². The number of fused-ring (bicyclic) bond motifs is 1. The van der Waals surface area contributed by atoms with Crippen molar-refractivity contribution in [2.45, 2.75) is 44.7 Å². The van der Waals surface area contributed by atoms with Crippen LogP contribution in [0.2, 0.25) is 0 Å². The number of benzene rings is 1. The normalized spacial score (nSPS) is 25.9. The van der Waals surface area contributed by atoms with Gasteiger partial charge in [0.15, 0.2) is 0 Å². The number of ether oxygens (including phenoxy) is 1. The van der Waals surface area contributed by atoms with Crippen molar-refractivity contribution >= 4 is 0 Å². The van der Waals surface area contributed by atoms with E-state index in [0.29, 0.717) is 18.0 Å². The Morgan fingerprint density at radius 3 is 3.05 bits per heavy atom. The highest BCUT2D eigenvalue weighted by Gasteiger charge is 2.30. The topological polar surface area (TPSA) is 24.5 Å². The molecule has 3 nitrogen and oxygen atoms in total. The van der Waals surface area contributed by atoms with Gasteiger partial charge in [-0.25, -0.2) is 0 Å². The van der Waals surface area contributed by atoms with E-state index in [1.807, 2.05) is 0 Å². The van der Waals surface area contributed by atoms with E-state index in [1.165, 1.54) is 24.9 Å².